The first-order valence-electron chi connectivity index (χ1n) is 10.2. The van der Waals surface area contributed by atoms with E-state index in [0.29, 0.717) is 37.4 Å². The van der Waals surface area contributed by atoms with Crippen LogP contribution in [-0.4, -0.2) is 61.3 Å². The van der Waals surface area contributed by atoms with Crippen molar-refractivity contribution in [3.05, 3.63) is 54.1 Å². The molecular formula is C22H26F2N4O4. The molecule has 3 rings (SSSR count). The summed E-state index contributed by atoms with van der Waals surface area (Å²) in [5, 5.41) is 15.5. The molecule has 0 aliphatic carbocycles. The van der Waals surface area contributed by atoms with E-state index >= 15 is 0 Å². The monoisotopic (exact) mass is 448 g/mol. The first kappa shape index (κ1) is 23.3. The fourth-order valence-electron chi connectivity index (χ4n) is 3.44. The van der Waals surface area contributed by atoms with Gasteiger partial charge in [-0.3, -0.25) is 4.79 Å². The van der Waals surface area contributed by atoms with Gasteiger partial charge in [0, 0.05) is 51.0 Å². The Morgan fingerprint density at radius 1 is 1.09 bits per heavy atom. The third kappa shape index (κ3) is 6.55. The van der Waals surface area contributed by atoms with Gasteiger partial charge in [-0.05, 0) is 35.9 Å². The number of aliphatic hydroxyl groups is 1. The first-order chi connectivity index (χ1) is 15.3. The second kappa shape index (κ2) is 10.8. The van der Waals surface area contributed by atoms with Crippen LogP contribution in [-0.2, 0) is 4.79 Å². The van der Waals surface area contributed by atoms with Gasteiger partial charge in [0.1, 0.15) is 5.75 Å². The van der Waals surface area contributed by atoms with Crippen molar-refractivity contribution in [2.24, 2.45) is 0 Å². The van der Waals surface area contributed by atoms with Gasteiger partial charge in [0.2, 0.25) is 5.91 Å². The van der Waals surface area contributed by atoms with E-state index in [4.69, 9.17) is 0 Å². The largest absolute Gasteiger partial charge is 0.435 e. The lowest BCUT2D eigenvalue weighted by Crippen LogP contribution is -2.48. The molecule has 1 unspecified atom stereocenters. The van der Waals surface area contributed by atoms with Crippen LogP contribution in [0.15, 0.2) is 48.5 Å². The number of benzene rings is 2. The predicted molar refractivity (Wildman–Crippen MR) is 116 cm³/mol. The Kier molecular flexibility index (Phi) is 7.82. The van der Waals surface area contributed by atoms with Gasteiger partial charge < -0.3 is 30.3 Å². The maximum atomic E-state index is 12.3. The van der Waals surface area contributed by atoms with Gasteiger partial charge in [0.05, 0.1) is 6.10 Å². The summed E-state index contributed by atoms with van der Waals surface area (Å²) < 4.78 is 29.0. The third-order valence-electron chi connectivity index (χ3n) is 5.12. The van der Waals surface area contributed by atoms with Gasteiger partial charge >= 0.3 is 12.6 Å². The van der Waals surface area contributed by atoms with Crippen LogP contribution < -0.4 is 20.3 Å². The molecule has 0 saturated carbocycles. The standard InChI is InChI=1S/C22H26F2N4O4/c1-15(29)27-8-10-28(11-9-27)18-6-3-5-17(13-18)26-22(31)25-14-20(30)16-4-2-7-19(12-16)32-21(23)24/h2-7,12-13,20-21,30H,8-11,14H2,1H3,(H2,25,26,31). The molecule has 32 heavy (non-hydrogen) atoms. The van der Waals surface area contributed by atoms with Crippen molar-refractivity contribution in [2.75, 3.05) is 42.9 Å². The molecule has 2 aromatic rings. The molecule has 1 aliphatic rings. The van der Waals surface area contributed by atoms with Gasteiger partial charge in [0.15, 0.2) is 0 Å². The van der Waals surface area contributed by atoms with E-state index in [2.05, 4.69) is 20.3 Å². The number of alkyl halides is 2. The number of hydrogen-bond acceptors (Lipinski definition) is 5. The zero-order chi connectivity index (χ0) is 23.1. The highest BCUT2D eigenvalue weighted by molar-refractivity contribution is 5.89. The Balaban J connectivity index is 1.51. The molecule has 1 fully saturated rings. The number of nitrogens with one attached hydrogen (secondary N) is 2. The van der Waals surface area contributed by atoms with E-state index < -0.39 is 18.7 Å². The summed E-state index contributed by atoms with van der Waals surface area (Å²) in [7, 11) is 0. The van der Waals surface area contributed by atoms with Crippen molar-refractivity contribution in [3.8, 4) is 5.75 Å². The van der Waals surface area contributed by atoms with Crippen LogP contribution in [0.25, 0.3) is 0 Å². The number of ether oxygens (including phenoxy) is 1. The fraction of sp³-hybridized carbons (Fsp3) is 0.364. The van der Waals surface area contributed by atoms with E-state index in [1.807, 2.05) is 18.2 Å². The molecule has 1 heterocycles. The van der Waals surface area contributed by atoms with Gasteiger partial charge in [-0.25, -0.2) is 4.79 Å². The Bertz CT molecular complexity index is 936. The van der Waals surface area contributed by atoms with Crippen molar-refractivity contribution in [1.29, 1.82) is 0 Å². The number of carbonyl (C=O) groups is 2. The topological polar surface area (TPSA) is 94.1 Å². The predicted octanol–water partition coefficient (Wildman–Crippen LogP) is 2.81. The van der Waals surface area contributed by atoms with Gasteiger partial charge in [-0.15, -0.1) is 0 Å². The molecule has 0 radical (unpaired) electrons. The Morgan fingerprint density at radius 3 is 2.50 bits per heavy atom. The van der Waals surface area contributed by atoms with E-state index in [-0.39, 0.29) is 18.2 Å². The minimum atomic E-state index is -2.96. The van der Waals surface area contributed by atoms with Crippen molar-refractivity contribution >= 4 is 23.3 Å². The third-order valence-corrected chi connectivity index (χ3v) is 5.12. The van der Waals surface area contributed by atoms with Crippen molar-refractivity contribution in [1.82, 2.24) is 10.2 Å². The number of urea groups is 1. The van der Waals surface area contributed by atoms with Gasteiger partial charge in [-0.2, -0.15) is 8.78 Å². The van der Waals surface area contributed by atoms with E-state index in [0.717, 1.165) is 5.69 Å². The average molecular weight is 448 g/mol. The number of piperazine rings is 1. The molecule has 10 heteroatoms. The minimum absolute atomic E-state index is 0.0622. The molecule has 1 saturated heterocycles. The summed E-state index contributed by atoms with van der Waals surface area (Å²) in [6.07, 6.45) is -1.09. The number of hydrogen-bond donors (Lipinski definition) is 3. The van der Waals surface area contributed by atoms with Gasteiger partial charge in [-0.1, -0.05) is 18.2 Å². The Labute approximate surface area is 184 Å². The molecule has 0 bridgehead atoms. The quantitative estimate of drug-likeness (QED) is 0.606. The van der Waals surface area contributed by atoms with Crippen molar-refractivity contribution in [2.45, 2.75) is 19.6 Å². The highest BCUT2D eigenvalue weighted by Crippen LogP contribution is 2.22. The molecule has 172 valence electrons. The summed E-state index contributed by atoms with van der Waals surface area (Å²) in [5.41, 5.74) is 1.85. The van der Waals surface area contributed by atoms with Gasteiger partial charge in [0.25, 0.3) is 0 Å². The first-order valence-corrected chi connectivity index (χ1v) is 10.2. The van der Waals surface area contributed by atoms with Crippen LogP contribution in [0, 0.1) is 0 Å². The van der Waals surface area contributed by atoms with Crippen LogP contribution in [0.2, 0.25) is 0 Å². The molecule has 3 N–H and O–H groups in total. The highest BCUT2D eigenvalue weighted by Gasteiger charge is 2.19. The zero-order valence-electron chi connectivity index (χ0n) is 17.6. The Hall–Kier alpha value is -3.40. The van der Waals surface area contributed by atoms with Crippen LogP contribution in [0.3, 0.4) is 0 Å². The normalized spacial score (nSPS) is 14.8. The summed E-state index contributed by atoms with van der Waals surface area (Å²) >= 11 is 0. The van der Waals surface area contributed by atoms with E-state index in [1.165, 1.54) is 18.2 Å². The minimum Gasteiger partial charge on any atom is -0.435 e. The zero-order valence-corrected chi connectivity index (χ0v) is 17.6. The second-order valence-corrected chi connectivity index (χ2v) is 7.35. The molecule has 0 spiro atoms. The van der Waals surface area contributed by atoms with Crippen LogP contribution in [0.4, 0.5) is 25.0 Å². The number of halogens is 2. The van der Waals surface area contributed by atoms with E-state index in [1.54, 1.807) is 24.0 Å². The van der Waals surface area contributed by atoms with Crippen LogP contribution in [0.1, 0.15) is 18.6 Å². The number of rotatable bonds is 7. The summed E-state index contributed by atoms with van der Waals surface area (Å²) in [4.78, 5) is 27.7. The van der Waals surface area contributed by atoms with Crippen LogP contribution >= 0.6 is 0 Å². The molecule has 1 aliphatic heterocycles. The Morgan fingerprint density at radius 2 is 1.81 bits per heavy atom. The van der Waals surface area contributed by atoms with Crippen molar-refractivity contribution < 1.29 is 28.2 Å². The maximum Gasteiger partial charge on any atom is 0.387 e. The lowest BCUT2D eigenvalue weighted by atomic mass is 10.1. The number of carbonyl (C=O) groups excluding carboxylic acids is 2. The lowest BCUT2D eigenvalue weighted by Gasteiger charge is -2.35. The van der Waals surface area contributed by atoms with E-state index in [9.17, 15) is 23.5 Å². The lowest BCUT2D eigenvalue weighted by molar-refractivity contribution is -0.129. The molecule has 1 atom stereocenters. The number of amides is 3. The average Bonchev–Trinajstić information content (AvgIpc) is 2.77. The molecular weight excluding hydrogens is 422 g/mol. The molecule has 2 aromatic carbocycles. The summed E-state index contributed by atoms with van der Waals surface area (Å²) in [6.45, 7) is 1.19. The van der Waals surface area contributed by atoms with Crippen LogP contribution in [0.5, 0.6) is 5.75 Å². The molecule has 3 amide bonds. The second-order valence-electron chi connectivity index (χ2n) is 7.35. The summed E-state index contributed by atoms with van der Waals surface area (Å²) in [5.74, 6) is -0.00541. The highest BCUT2D eigenvalue weighted by atomic mass is 19.3. The van der Waals surface area contributed by atoms with Crippen molar-refractivity contribution in [3.63, 3.8) is 0 Å². The number of anilines is 2. The fourth-order valence-corrected chi connectivity index (χ4v) is 3.44. The number of nitrogens with zero attached hydrogens (tertiary/aromatic N) is 2. The maximum absolute atomic E-state index is 12.3. The molecule has 0 aromatic heterocycles. The smallest absolute Gasteiger partial charge is 0.387 e. The summed E-state index contributed by atoms with van der Waals surface area (Å²) in [6, 6.07) is 12.5. The molecule has 8 nitrogen and oxygen atoms in total. The SMILES string of the molecule is CC(=O)N1CCN(c2cccc(NC(=O)NCC(O)c3cccc(OC(F)F)c3)c2)CC1. The number of aliphatic hydroxyl groups excluding tert-OH is 1.